The largest absolute Gasteiger partial charge is 0.443 e. The van der Waals surface area contributed by atoms with Crippen LogP contribution in [0.1, 0.15) is 81.9 Å². The second-order valence-corrected chi connectivity index (χ2v) is 15.2. The van der Waals surface area contributed by atoms with E-state index >= 15 is 0 Å². The van der Waals surface area contributed by atoms with E-state index in [0.29, 0.717) is 29.9 Å². The third kappa shape index (κ3) is 3.47. The van der Waals surface area contributed by atoms with Crippen LogP contribution in [0.15, 0.2) is 47.3 Å². The first-order valence-electron chi connectivity index (χ1n) is 13.7. The normalized spacial score (nSPS) is 23.1. The maximum Gasteiger partial charge on any atom is 0.246 e. The lowest BCUT2D eigenvalue weighted by Crippen LogP contribution is -2.38. The fourth-order valence-corrected chi connectivity index (χ4v) is 9.02. The van der Waals surface area contributed by atoms with E-state index in [-0.39, 0.29) is 33.7 Å². The van der Waals surface area contributed by atoms with Crippen molar-refractivity contribution >= 4 is 9.84 Å². The molecule has 8 nitrogen and oxygen atoms in total. The smallest absolute Gasteiger partial charge is 0.246 e. The molecule has 1 aromatic carbocycles. The molecule has 11 heteroatoms. The second-order valence-electron chi connectivity index (χ2n) is 12.4. The van der Waals surface area contributed by atoms with Gasteiger partial charge >= 0.3 is 0 Å². The van der Waals surface area contributed by atoms with Gasteiger partial charge in [-0.1, -0.05) is 19.9 Å². The van der Waals surface area contributed by atoms with Gasteiger partial charge in [0.05, 0.1) is 39.5 Å². The number of hydrogen-bond donors (Lipinski definition) is 0. The van der Waals surface area contributed by atoms with Gasteiger partial charge in [-0.15, -0.1) is 5.10 Å². The Kier molecular flexibility index (Phi) is 5.43. The van der Waals surface area contributed by atoms with E-state index in [1.807, 2.05) is 0 Å². The van der Waals surface area contributed by atoms with Crippen LogP contribution in [-0.4, -0.2) is 38.8 Å². The average Bonchev–Trinajstić information content (AvgIpc) is 3.57. The molecule has 0 radical (unpaired) electrons. The molecule has 3 aromatic heterocycles. The molecule has 0 unspecified atom stereocenters. The Bertz CT molecular complexity index is 1810. The minimum Gasteiger partial charge on any atom is -0.443 e. The first-order valence-corrected chi connectivity index (χ1v) is 15.3. The third-order valence-electron chi connectivity index (χ3n) is 9.69. The van der Waals surface area contributed by atoms with Crippen LogP contribution in [0.4, 0.5) is 8.78 Å². The summed E-state index contributed by atoms with van der Waals surface area (Å²) < 4.78 is 59.8. The Morgan fingerprint density at radius 2 is 1.73 bits per heavy atom. The molecule has 0 aliphatic heterocycles. The summed E-state index contributed by atoms with van der Waals surface area (Å²) in [6.45, 7) is 7.61. The number of hydrogen-bond acceptors (Lipinski definition) is 8. The van der Waals surface area contributed by atoms with E-state index in [1.54, 1.807) is 32.3 Å². The Labute approximate surface area is 236 Å². The van der Waals surface area contributed by atoms with Crippen LogP contribution in [0, 0.1) is 17.0 Å². The van der Waals surface area contributed by atoms with E-state index in [1.165, 1.54) is 24.5 Å². The number of rotatable bonds is 6. The zero-order valence-electron chi connectivity index (χ0n) is 23.1. The van der Waals surface area contributed by atoms with Crippen molar-refractivity contribution < 1.29 is 21.6 Å². The molecular formula is C30H29F2N5O3S. The second kappa shape index (κ2) is 8.47. The molecule has 3 aliphatic carbocycles. The van der Waals surface area contributed by atoms with Gasteiger partial charge in [-0.2, -0.15) is 5.10 Å². The molecule has 41 heavy (non-hydrogen) atoms. The van der Waals surface area contributed by atoms with Crippen LogP contribution in [0.2, 0.25) is 0 Å². The van der Waals surface area contributed by atoms with Crippen LogP contribution in [0.5, 0.6) is 0 Å². The van der Waals surface area contributed by atoms with Gasteiger partial charge in [0.1, 0.15) is 34.0 Å². The maximum atomic E-state index is 14.6. The lowest BCUT2D eigenvalue weighted by atomic mass is 9.66. The molecule has 2 bridgehead atoms. The predicted molar refractivity (Wildman–Crippen MR) is 146 cm³/mol. The molecule has 0 saturated heterocycles. The van der Waals surface area contributed by atoms with Gasteiger partial charge in [-0.25, -0.2) is 27.2 Å². The molecule has 3 heterocycles. The Morgan fingerprint density at radius 1 is 1.00 bits per heavy atom. The Balaban J connectivity index is 1.30. The van der Waals surface area contributed by atoms with Gasteiger partial charge in [-0.05, 0) is 74.6 Å². The van der Waals surface area contributed by atoms with Crippen LogP contribution in [0.25, 0.3) is 22.8 Å². The van der Waals surface area contributed by atoms with E-state index in [4.69, 9.17) is 9.40 Å². The standard InChI is InChI=1S/C30H29F2N5O3S/c1-28(2)18-10-11-30(28,26-17(18)12-21(36-37-26)25-19(31)6-5-7-20(25)32)23-14-33-13-22(34-23)27-35-24(15-40-27)29(3,4)41(38,39)16-8-9-16/h5-7,12-16,18H,8-11H2,1-4H3/t18-,30-/m0/s1. The summed E-state index contributed by atoms with van der Waals surface area (Å²) in [5.74, 6) is -1.11. The molecule has 2 saturated carbocycles. The molecule has 0 spiro atoms. The predicted octanol–water partition coefficient (Wildman–Crippen LogP) is 5.88. The zero-order chi connectivity index (χ0) is 28.9. The highest BCUT2D eigenvalue weighted by Gasteiger charge is 2.65. The lowest BCUT2D eigenvalue weighted by molar-refractivity contribution is 0.242. The average molecular weight is 578 g/mol. The van der Waals surface area contributed by atoms with Crippen molar-refractivity contribution in [3.8, 4) is 22.8 Å². The molecule has 4 aromatic rings. The number of oxazole rings is 1. The summed E-state index contributed by atoms with van der Waals surface area (Å²) in [5, 5.41) is 8.52. The first kappa shape index (κ1) is 26.3. The number of fused-ring (bicyclic) bond motifs is 5. The van der Waals surface area contributed by atoms with E-state index in [2.05, 4.69) is 34.0 Å². The quantitative estimate of drug-likeness (QED) is 0.279. The van der Waals surface area contributed by atoms with Crippen molar-refractivity contribution in [2.24, 2.45) is 5.41 Å². The van der Waals surface area contributed by atoms with Crippen molar-refractivity contribution in [1.82, 2.24) is 25.1 Å². The summed E-state index contributed by atoms with van der Waals surface area (Å²) in [6.07, 6.45) is 7.57. The monoisotopic (exact) mass is 577 g/mol. The van der Waals surface area contributed by atoms with Crippen LogP contribution in [-0.2, 0) is 20.0 Å². The van der Waals surface area contributed by atoms with E-state index in [9.17, 15) is 17.2 Å². The highest BCUT2D eigenvalue weighted by atomic mass is 32.2. The summed E-state index contributed by atoms with van der Waals surface area (Å²) in [7, 11) is -3.42. The molecule has 0 N–H and O–H groups in total. The van der Waals surface area contributed by atoms with Crippen molar-refractivity contribution in [2.45, 2.75) is 74.7 Å². The minimum atomic E-state index is -3.42. The van der Waals surface area contributed by atoms with Gasteiger partial charge in [0.2, 0.25) is 5.89 Å². The van der Waals surface area contributed by atoms with E-state index < -0.39 is 31.6 Å². The molecule has 212 valence electrons. The molecular weight excluding hydrogens is 548 g/mol. The van der Waals surface area contributed by atoms with Crippen molar-refractivity contribution in [2.75, 3.05) is 0 Å². The van der Waals surface area contributed by atoms with Crippen molar-refractivity contribution in [3.05, 3.63) is 77.2 Å². The van der Waals surface area contributed by atoms with Gasteiger partial charge < -0.3 is 4.42 Å². The maximum absolute atomic E-state index is 14.6. The van der Waals surface area contributed by atoms with Crippen LogP contribution >= 0.6 is 0 Å². The Hall–Kier alpha value is -3.60. The topological polar surface area (TPSA) is 112 Å². The summed E-state index contributed by atoms with van der Waals surface area (Å²) in [4.78, 5) is 14.0. The van der Waals surface area contributed by atoms with Gasteiger partial charge in [0.15, 0.2) is 9.84 Å². The van der Waals surface area contributed by atoms with Gasteiger partial charge in [-0.3, -0.25) is 4.98 Å². The van der Waals surface area contributed by atoms with Crippen molar-refractivity contribution in [1.29, 1.82) is 0 Å². The molecule has 3 aliphatic rings. The first-order chi connectivity index (χ1) is 19.4. The molecule has 0 amide bonds. The zero-order valence-corrected chi connectivity index (χ0v) is 24.0. The number of sulfone groups is 1. The van der Waals surface area contributed by atoms with Crippen LogP contribution in [0.3, 0.4) is 0 Å². The Morgan fingerprint density at radius 3 is 2.44 bits per heavy atom. The summed E-state index contributed by atoms with van der Waals surface area (Å²) in [5.41, 5.74) is 2.02. The van der Waals surface area contributed by atoms with Crippen LogP contribution < -0.4 is 0 Å². The fourth-order valence-electron chi connectivity index (χ4n) is 7.04. The highest BCUT2D eigenvalue weighted by Crippen LogP contribution is 2.69. The van der Waals surface area contributed by atoms with Gasteiger partial charge in [0.25, 0.3) is 0 Å². The molecule has 2 atom stereocenters. The SMILES string of the molecule is CC1(C)[C@H]2CC[C@]1(c1cncc(-c3nc(C(C)(C)S(=O)(=O)C4CC4)co3)n1)c1nnc(-c3c(F)cccc3F)cc12. The summed E-state index contributed by atoms with van der Waals surface area (Å²) in [6, 6.07) is 5.51. The lowest BCUT2D eigenvalue weighted by Gasteiger charge is -2.37. The van der Waals surface area contributed by atoms with E-state index in [0.717, 1.165) is 24.1 Å². The van der Waals surface area contributed by atoms with Gasteiger partial charge in [0, 0.05) is 6.20 Å². The minimum absolute atomic E-state index is 0.0776. The fraction of sp³-hybridized carbons (Fsp3) is 0.433. The third-order valence-corrected chi connectivity index (χ3v) is 12.7. The van der Waals surface area contributed by atoms with Crippen molar-refractivity contribution in [3.63, 3.8) is 0 Å². The molecule has 7 rings (SSSR count). The number of halogens is 2. The number of aromatic nitrogens is 5. The number of nitrogens with zero attached hydrogens (tertiary/aromatic N) is 5. The number of benzene rings is 1. The summed E-state index contributed by atoms with van der Waals surface area (Å²) >= 11 is 0. The highest BCUT2D eigenvalue weighted by molar-refractivity contribution is 7.93. The molecule has 2 fully saturated rings.